The second-order valence-corrected chi connectivity index (χ2v) is 5.26. The summed E-state index contributed by atoms with van der Waals surface area (Å²) in [6.07, 6.45) is 8.60. The van der Waals surface area contributed by atoms with Crippen LogP contribution in [0.2, 0.25) is 0 Å². The Labute approximate surface area is 100 Å². The van der Waals surface area contributed by atoms with E-state index in [0.29, 0.717) is 0 Å². The van der Waals surface area contributed by atoms with E-state index in [-0.39, 0.29) is 12.4 Å². The van der Waals surface area contributed by atoms with Gasteiger partial charge in [-0.2, -0.15) is 0 Å². The van der Waals surface area contributed by atoms with Crippen molar-refractivity contribution in [2.75, 3.05) is 20.6 Å². The van der Waals surface area contributed by atoms with E-state index < -0.39 is 0 Å². The lowest BCUT2D eigenvalue weighted by Crippen LogP contribution is -2.42. The molecule has 0 aromatic carbocycles. The first-order valence-electron chi connectivity index (χ1n) is 6.17. The molecule has 90 valence electrons. The van der Waals surface area contributed by atoms with E-state index >= 15 is 0 Å². The van der Waals surface area contributed by atoms with Gasteiger partial charge < -0.3 is 10.2 Å². The van der Waals surface area contributed by atoms with E-state index in [1.165, 1.54) is 45.1 Å². The molecule has 3 heteroatoms. The molecule has 0 bridgehead atoms. The average molecular weight is 233 g/mol. The standard InChI is InChI=1S/C12H24N2.ClH/c1-14(2)12(10-7-8-10)9-13-11-5-3-4-6-11;/h10-13H,3-9H2,1-2H3;1H. The van der Waals surface area contributed by atoms with E-state index in [2.05, 4.69) is 24.3 Å². The highest BCUT2D eigenvalue weighted by molar-refractivity contribution is 5.85. The summed E-state index contributed by atoms with van der Waals surface area (Å²) in [6.45, 7) is 1.21. The van der Waals surface area contributed by atoms with Crippen molar-refractivity contribution in [2.24, 2.45) is 5.92 Å². The van der Waals surface area contributed by atoms with Gasteiger partial charge in [-0.25, -0.2) is 0 Å². The van der Waals surface area contributed by atoms with Gasteiger partial charge in [0.15, 0.2) is 0 Å². The highest BCUT2D eigenvalue weighted by atomic mass is 35.5. The molecule has 2 fully saturated rings. The van der Waals surface area contributed by atoms with Crippen LogP contribution in [0.5, 0.6) is 0 Å². The Morgan fingerprint density at radius 3 is 2.20 bits per heavy atom. The minimum absolute atomic E-state index is 0. The van der Waals surface area contributed by atoms with Crippen LogP contribution in [0, 0.1) is 5.92 Å². The van der Waals surface area contributed by atoms with Gasteiger partial charge in [-0.15, -0.1) is 12.4 Å². The van der Waals surface area contributed by atoms with E-state index in [1.54, 1.807) is 0 Å². The lowest BCUT2D eigenvalue weighted by Gasteiger charge is -2.26. The van der Waals surface area contributed by atoms with Gasteiger partial charge in [-0.05, 0) is 45.7 Å². The highest BCUT2D eigenvalue weighted by Crippen LogP contribution is 2.34. The molecule has 15 heavy (non-hydrogen) atoms. The van der Waals surface area contributed by atoms with E-state index in [4.69, 9.17) is 0 Å². The smallest absolute Gasteiger partial charge is 0.0242 e. The van der Waals surface area contributed by atoms with Crippen LogP contribution in [0.3, 0.4) is 0 Å². The predicted octanol–water partition coefficient (Wildman–Crippen LogP) is 2.28. The summed E-state index contributed by atoms with van der Waals surface area (Å²) in [4.78, 5) is 2.40. The van der Waals surface area contributed by atoms with Gasteiger partial charge in [0.25, 0.3) is 0 Å². The van der Waals surface area contributed by atoms with Crippen LogP contribution in [0.1, 0.15) is 38.5 Å². The van der Waals surface area contributed by atoms with Gasteiger partial charge in [0.1, 0.15) is 0 Å². The maximum Gasteiger partial charge on any atom is 0.0242 e. The Bertz CT molecular complexity index is 172. The van der Waals surface area contributed by atoms with Crippen molar-refractivity contribution in [1.29, 1.82) is 0 Å². The third-order valence-electron chi connectivity index (χ3n) is 3.80. The monoisotopic (exact) mass is 232 g/mol. The molecule has 2 rings (SSSR count). The minimum Gasteiger partial charge on any atom is -0.312 e. The van der Waals surface area contributed by atoms with Crippen LogP contribution in [0.25, 0.3) is 0 Å². The van der Waals surface area contributed by atoms with Gasteiger partial charge in [-0.3, -0.25) is 0 Å². The first-order valence-corrected chi connectivity index (χ1v) is 6.17. The Morgan fingerprint density at radius 2 is 1.73 bits per heavy atom. The zero-order chi connectivity index (χ0) is 9.97. The Kier molecular flexibility index (Phi) is 5.37. The van der Waals surface area contributed by atoms with Crippen molar-refractivity contribution < 1.29 is 0 Å². The number of halogens is 1. The minimum atomic E-state index is 0. The SMILES string of the molecule is CN(C)C(CNC1CCCC1)C1CC1.Cl. The molecule has 1 atom stereocenters. The summed E-state index contributed by atoms with van der Waals surface area (Å²) >= 11 is 0. The summed E-state index contributed by atoms with van der Waals surface area (Å²) in [5.41, 5.74) is 0. The fourth-order valence-electron chi connectivity index (χ4n) is 2.67. The first kappa shape index (κ1) is 13.3. The fraction of sp³-hybridized carbons (Fsp3) is 1.00. The summed E-state index contributed by atoms with van der Waals surface area (Å²) in [6, 6.07) is 1.62. The summed E-state index contributed by atoms with van der Waals surface area (Å²) in [5, 5.41) is 3.74. The quantitative estimate of drug-likeness (QED) is 0.783. The van der Waals surface area contributed by atoms with E-state index in [0.717, 1.165) is 18.0 Å². The summed E-state index contributed by atoms with van der Waals surface area (Å²) < 4.78 is 0. The second kappa shape index (κ2) is 6.07. The number of nitrogens with one attached hydrogen (secondary N) is 1. The van der Waals surface area contributed by atoms with Crippen molar-refractivity contribution in [2.45, 2.75) is 50.6 Å². The molecule has 2 saturated carbocycles. The topological polar surface area (TPSA) is 15.3 Å². The summed E-state index contributed by atoms with van der Waals surface area (Å²) in [7, 11) is 4.44. The molecule has 0 heterocycles. The molecule has 1 N–H and O–H groups in total. The van der Waals surface area contributed by atoms with Gasteiger partial charge in [0, 0.05) is 18.6 Å². The number of hydrogen-bond acceptors (Lipinski definition) is 2. The van der Waals surface area contributed by atoms with Crippen molar-refractivity contribution in [1.82, 2.24) is 10.2 Å². The van der Waals surface area contributed by atoms with Crippen molar-refractivity contribution >= 4 is 12.4 Å². The number of hydrogen-bond donors (Lipinski definition) is 1. The van der Waals surface area contributed by atoms with Crippen molar-refractivity contribution in [3.05, 3.63) is 0 Å². The predicted molar refractivity (Wildman–Crippen MR) is 67.7 cm³/mol. The van der Waals surface area contributed by atoms with Gasteiger partial charge in [0.2, 0.25) is 0 Å². The Balaban J connectivity index is 0.00000112. The molecule has 0 saturated heterocycles. The zero-order valence-corrected chi connectivity index (χ0v) is 10.9. The van der Waals surface area contributed by atoms with Crippen LogP contribution in [-0.2, 0) is 0 Å². The van der Waals surface area contributed by atoms with Crippen molar-refractivity contribution in [3.63, 3.8) is 0 Å². The molecule has 0 radical (unpaired) electrons. The van der Waals surface area contributed by atoms with Gasteiger partial charge >= 0.3 is 0 Å². The van der Waals surface area contributed by atoms with Gasteiger partial charge in [-0.1, -0.05) is 12.8 Å². The van der Waals surface area contributed by atoms with Crippen LogP contribution in [-0.4, -0.2) is 37.6 Å². The molecule has 2 aliphatic carbocycles. The molecule has 0 aliphatic heterocycles. The maximum atomic E-state index is 3.74. The van der Waals surface area contributed by atoms with Gasteiger partial charge in [0.05, 0.1) is 0 Å². The second-order valence-electron chi connectivity index (χ2n) is 5.26. The van der Waals surface area contributed by atoms with E-state index in [9.17, 15) is 0 Å². The summed E-state index contributed by atoms with van der Waals surface area (Å²) in [5.74, 6) is 0.985. The molecule has 2 nitrogen and oxygen atoms in total. The molecule has 1 unspecified atom stereocenters. The largest absolute Gasteiger partial charge is 0.312 e. The first-order chi connectivity index (χ1) is 6.77. The lowest BCUT2D eigenvalue weighted by molar-refractivity contribution is 0.248. The number of rotatable bonds is 5. The number of likely N-dealkylation sites (N-methyl/N-ethyl adjacent to an activating group) is 1. The van der Waals surface area contributed by atoms with Crippen LogP contribution in [0.4, 0.5) is 0 Å². The molecule has 0 aromatic rings. The fourth-order valence-corrected chi connectivity index (χ4v) is 2.67. The highest BCUT2D eigenvalue weighted by Gasteiger charge is 2.32. The van der Waals surface area contributed by atoms with Crippen LogP contribution < -0.4 is 5.32 Å². The Morgan fingerprint density at radius 1 is 1.13 bits per heavy atom. The average Bonchev–Trinajstić information content (AvgIpc) is 2.82. The molecule has 0 spiro atoms. The molecular formula is C12H25ClN2. The molecule has 0 aromatic heterocycles. The van der Waals surface area contributed by atoms with E-state index in [1.807, 2.05) is 0 Å². The normalized spacial score (nSPS) is 24.2. The third-order valence-corrected chi connectivity index (χ3v) is 3.80. The zero-order valence-electron chi connectivity index (χ0n) is 10.0. The molecular weight excluding hydrogens is 208 g/mol. The molecule has 2 aliphatic rings. The lowest BCUT2D eigenvalue weighted by atomic mass is 10.1. The molecule has 0 amide bonds. The third kappa shape index (κ3) is 3.93. The van der Waals surface area contributed by atoms with Crippen molar-refractivity contribution in [3.8, 4) is 0 Å². The Hall–Kier alpha value is 0.210. The maximum absolute atomic E-state index is 3.74. The van der Waals surface area contributed by atoms with Crippen LogP contribution >= 0.6 is 12.4 Å². The number of nitrogens with zero attached hydrogens (tertiary/aromatic N) is 1. The van der Waals surface area contributed by atoms with Crippen LogP contribution in [0.15, 0.2) is 0 Å².